The van der Waals surface area contributed by atoms with Crippen LogP contribution < -0.4 is 0 Å². The molecule has 0 aliphatic rings. The summed E-state index contributed by atoms with van der Waals surface area (Å²) >= 11 is 11.3. The van der Waals surface area contributed by atoms with E-state index in [1.54, 1.807) is 12.1 Å². The van der Waals surface area contributed by atoms with Crippen molar-refractivity contribution in [3.05, 3.63) is 46.2 Å². The van der Waals surface area contributed by atoms with Crippen molar-refractivity contribution in [1.82, 2.24) is 14.8 Å². The van der Waals surface area contributed by atoms with Gasteiger partial charge in [-0.1, -0.05) is 12.1 Å². The summed E-state index contributed by atoms with van der Waals surface area (Å²) in [7, 11) is 0. The van der Waals surface area contributed by atoms with Gasteiger partial charge >= 0.3 is 0 Å². The minimum absolute atomic E-state index is 0.0992. The first-order chi connectivity index (χ1) is 7.15. The predicted molar refractivity (Wildman–Crippen MR) is 55.5 cm³/mol. The lowest BCUT2D eigenvalue weighted by atomic mass is 10.2. The Hall–Kier alpha value is -1.13. The zero-order valence-corrected chi connectivity index (χ0v) is 9.00. The number of hydrogen-bond acceptors (Lipinski definition) is 2. The maximum Gasteiger partial charge on any atom is 0.243 e. The first-order valence-corrected chi connectivity index (χ1v) is 4.91. The van der Waals surface area contributed by atoms with Crippen molar-refractivity contribution in [2.24, 2.45) is 0 Å². The molecule has 15 heavy (non-hydrogen) atoms. The Morgan fingerprint density at radius 1 is 1.20 bits per heavy atom. The molecule has 0 radical (unpaired) electrons. The highest BCUT2D eigenvalue weighted by atomic mass is 35.5. The summed E-state index contributed by atoms with van der Waals surface area (Å²) in [5.74, 6) is -0.276. The molecule has 0 unspecified atom stereocenters. The maximum absolute atomic E-state index is 12.6. The molecule has 0 aliphatic carbocycles. The lowest BCUT2D eigenvalue weighted by molar-refractivity contribution is 0.624. The third kappa shape index (κ3) is 2.46. The molecule has 1 aromatic heterocycles. The highest BCUT2D eigenvalue weighted by Crippen LogP contribution is 2.12. The van der Waals surface area contributed by atoms with Crippen molar-refractivity contribution in [1.29, 1.82) is 0 Å². The number of rotatable bonds is 2. The fraction of sp³-hybridized carbons (Fsp3) is 0.111. The highest BCUT2D eigenvalue weighted by Gasteiger charge is 2.05. The Balaban J connectivity index is 2.21. The first-order valence-electron chi connectivity index (χ1n) is 4.15. The van der Waals surface area contributed by atoms with Gasteiger partial charge in [-0.2, -0.15) is 4.98 Å². The van der Waals surface area contributed by atoms with Crippen LogP contribution in [0.1, 0.15) is 5.56 Å². The van der Waals surface area contributed by atoms with Gasteiger partial charge in [0.1, 0.15) is 5.82 Å². The summed E-state index contributed by atoms with van der Waals surface area (Å²) in [5, 5.41) is 4.18. The van der Waals surface area contributed by atoms with Crippen molar-refractivity contribution in [2.45, 2.75) is 6.54 Å². The van der Waals surface area contributed by atoms with Gasteiger partial charge in [-0.15, -0.1) is 5.10 Å². The molecule has 0 saturated carbocycles. The van der Waals surface area contributed by atoms with Gasteiger partial charge in [0.15, 0.2) is 0 Å². The predicted octanol–water partition coefficient (Wildman–Crippen LogP) is 2.77. The molecule has 3 nitrogen and oxygen atoms in total. The molecule has 1 heterocycles. The Morgan fingerprint density at radius 3 is 2.40 bits per heavy atom. The second-order valence-corrected chi connectivity index (χ2v) is 3.61. The van der Waals surface area contributed by atoms with Crippen LogP contribution in [0.5, 0.6) is 0 Å². The monoisotopic (exact) mass is 245 g/mol. The number of aromatic nitrogens is 3. The number of halogens is 3. The Morgan fingerprint density at radius 2 is 1.87 bits per heavy atom. The molecule has 0 atom stereocenters. The molecule has 0 N–H and O–H groups in total. The molecule has 0 amide bonds. The summed E-state index contributed by atoms with van der Waals surface area (Å²) in [4.78, 5) is 3.73. The van der Waals surface area contributed by atoms with Crippen molar-refractivity contribution < 1.29 is 4.39 Å². The quantitative estimate of drug-likeness (QED) is 0.815. The largest absolute Gasteiger partial charge is 0.243 e. The first kappa shape index (κ1) is 10.4. The fourth-order valence-electron chi connectivity index (χ4n) is 1.16. The number of nitrogens with zero attached hydrogens (tertiary/aromatic N) is 3. The summed E-state index contributed by atoms with van der Waals surface area (Å²) in [5.41, 5.74) is 0.875. The molecule has 0 bridgehead atoms. The van der Waals surface area contributed by atoms with Crippen molar-refractivity contribution in [3.63, 3.8) is 0 Å². The van der Waals surface area contributed by atoms with E-state index in [1.165, 1.54) is 16.8 Å². The highest BCUT2D eigenvalue weighted by molar-refractivity contribution is 6.31. The lowest BCUT2D eigenvalue weighted by Gasteiger charge is -2.01. The Labute approximate surface area is 95.5 Å². The van der Waals surface area contributed by atoms with E-state index in [9.17, 15) is 4.39 Å². The van der Waals surface area contributed by atoms with Crippen molar-refractivity contribution in [2.75, 3.05) is 0 Å². The van der Waals surface area contributed by atoms with Crippen LogP contribution in [0.15, 0.2) is 24.3 Å². The minimum Gasteiger partial charge on any atom is -0.230 e. The molecular formula is C9H6Cl2FN3. The maximum atomic E-state index is 12.6. The molecule has 0 spiro atoms. The third-order valence-corrected chi connectivity index (χ3v) is 2.29. The molecule has 6 heteroatoms. The molecule has 1 aromatic carbocycles. The van der Waals surface area contributed by atoms with E-state index in [4.69, 9.17) is 23.2 Å². The fourth-order valence-corrected chi connectivity index (χ4v) is 1.55. The van der Waals surface area contributed by atoms with Crippen molar-refractivity contribution >= 4 is 23.2 Å². The van der Waals surface area contributed by atoms with Gasteiger partial charge in [-0.25, -0.2) is 9.07 Å². The molecular weight excluding hydrogens is 240 g/mol. The van der Waals surface area contributed by atoms with Gasteiger partial charge in [0, 0.05) is 0 Å². The normalized spacial score (nSPS) is 10.6. The smallest absolute Gasteiger partial charge is 0.230 e. The van der Waals surface area contributed by atoms with E-state index >= 15 is 0 Å². The average molecular weight is 246 g/mol. The van der Waals surface area contributed by atoms with E-state index in [1.807, 2.05) is 0 Å². The van der Waals surface area contributed by atoms with Crippen LogP contribution in [0.4, 0.5) is 4.39 Å². The van der Waals surface area contributed by atoms with E-state index in [0.29, 0.717) is 6.54 Å². The molecule has 0 saturated heterocycles. The van der Waals surface area contributed by atoms with Gasteiger partial charge in [-0.3, -0.25) is 0 Å². The van der Waals surface area contributed by atoms with Gasteiger partial charge < -0.3 is 0 Å². The molecule has 0 fully saturated rings. The molecule has 2 aromatic rings. The molecule has 2 rings (SSSR count). The van der Waals surface area contributed by atoms with Crippen LogP contribution in [0.2, 0.25) is 10.6 Å². The van der Waals surface area contributed by atoms with E-state index in [2.05, 4.69) is 10.1 Å². The Kier molecular flexibility index (Phi) is 2.88. The number of hydrogen-bond donors (Lipinski definition) is 0. The summed E-state index contributed by atoms with van der Waals surface area (Å²) < 4.78 is 14.1. The second-order valence-electron chi connectivity index (χ2n) is 2.93. The van der Waals surface area contributed by atoms with E-state index < -0.39 is 0 Å². The van der Waals surface area contributed by atoms with E-state index in [-0.39, 0.29) is 16.4 Å². The van der Waals surface area contributed by atoms with Gasteiger partial charge in [0.2, 0.25) is 10.6 Å². The SMILES string of the molecule is Fc1ccc(Cn2nc(Cl)nc2Cl)cc1. The van der Waals surface area contributed by atoms with Gasteiger partial charge in [0.25, 0.3) is 0 Å². The summed E-state index contributed by atoms with van der Waals surface area (Å²) in [6, 6.07) is 6.06. The topological polar surface area (TPSA) is 30.7 Å². The average Bonchev–Trinajstić information content (AvgIpc) is 2.49. The minimum atomic E-state index is -0.276. The molecule has 78 valence electrons. The second kappa shape index (κ2) is 4.16. The van der Waals surface area contributed by atoms with Gasteiger partial charge in [-0.05, 0) is 40.9 Å². The van der Waals surface area contributed by atoms with Gasteiger partial charge in [0.05, 0.1) is 6.54 Å². The lowest BCUT2D eigenvalue weighted by Crippen LogP contribution is -2.01. The van der Waals surface area contributed by atoms with Crippen molar-refractivity contribution in [3.8, 4) is 0 Å². The van der Waals surface area contributed by atoms with Crippen LogP contribution in [0, 0.1) is 5.82 Å². The summed E-state index contributed by atoms with van der Waals surface area (Å²) in [6.45, 7) is 0.416. The van der Waals surface area contributed by atoms with Crippen LogP contribution in [-0.4, -0.2) is 14.8 Å². The van der Waals surface area contributed by atoms with Crippen LogP contribution in [0.3, 0.4) is 0 Å². The zero-order valence-electron chi connectivity index (χ0n) is 7.49. The summed E-state index contributed by atoms with van der Waals surface area (Å²) in [6.07, 6.45) is 0. The van der Waals surface area contributed by atoms with Crippen LogP contribution >= 0.6 is 23.2 Å². The zero-order chi connectivity index (χ0) is 10.8. The van der Waals surface area contributed by atoms with Crippen LogP contribution in [-0.2, 0) is 6.54 Å². The number of benzene rings is 1. The van der Waals surface area contributed by atoms with Crippen LogP contribution in [0.25, 0.3) is 0 Å². The third-order valence-electron chi connectivity index (χ3n) is 1.85. The Bertz CT molecular complexity index is 467. The van der Waals surface area contributed by atoms with E-state index in [0.717, 1.165) is 5.56 Å². The standard InChI is InChI=1S/C9H6Cl2FN3/c10-8-13-9(11)15(14-8)5-6-1-3-7(12)4-2-6/h1-4H,5H2. The molecule has 0 aliphatic heterocycles.